The highest BCUT2D eigenvalue weighted by atomic mass is 79.9. The van der Waals surface area contributed by atoms with Crippen molar-refractivity contribution in [2.75, 3.05) is 13.7 Å². The standard InChI is InChI=1S/C15H14Br3NO2/c1-20-14-7-12(18)15(8-11(14)17)21-13-3-2-10(16)6-9(13)4-5-19/h2-3,6-8H,4-5,19H2,1H3. The number of benzene rings is 2. The molecule has 6 heteroatoms. The number of nitrogens with two attached hydrogens (primary N) is 1. The lowest BCUT2D eigenvalue weighted by molar-refractivity contribution is 0.409. The summed E-state index contributed by atoms with van der Waals surface area (Å²) in [6, 6.07) is 9.63. The number of halogens is 3. The van der Waals surface area contributed by atoms with Crippen LogP contribution in [-0.4, -0.2) is 13.7 Å². The Morgan fingerprint density at radius 3 is 2.29 bits per heavy atom. The lowest BCUT2D eigenvalue weighted by Gasteiger charge is -2.14. The monoisotopic (exact) mass is 477 g/mol. The van der Waals surface area contributed by atoms with E-state index in [4.69, 9.17) is 15.2 Å². The van der Waals surface area contributed by atoms with Gasteiger partial charge in [-0.05, 0) is 80.7 Å². The average Bonchev–Trinajstić information content (AvgIpc) is 2.45. The molecule has 0 aromatic heterocycles. The van der Waals surface area contributed by atoms with Gasteiger partial charge in [0.15, 0.2) is 0 Å². The second-order valence-electron chi connectivity index (χ2n) is 4.31. The summed E-state index contributed by atoms with van der Waals surface area (Å²) >= 11 is 10.4. The SMILES string of the molecule is COc1cc(Br)c(Oc2ccc(Br)cc2CCN)cc1Br. The number of methoxy groups -OCH3 is 1. The van der Waals surface area contributed by atoms with Crippen molar-refractivity contribution in [3.05, 3.63) is 49.3 Å². The average molecular weight is 480 g/mol. The van der Waals surface area contributed by atoms with E-state index in [1.54, 1.807) is 7.11 Å². The number of ether oxygens (including phenoxy) is 2. The van der Waals surface area contributed by atoms with Gasteiger partial charge in [-0.25, -0.2) is 0 Å². The predicted molar refractivity (Wildman–Crippen MR) is 95.4 cm³/mol. The molecule has 0 atom stereocenters. The third-order valence-electron chi connectivity index (χ3n) is 2.86. The van der Waals surface area contributed by atoms with Gasteiger partial charge >= 0.3 is 0 Å². The van der Waals surface area contributed by atoms with Crippen molar-refractivity contribution in [3.8, 4) is 17.2 Å². The first kappa shape index (κ1) is 16.8. The molecule has 0 amide bonds. The molecule has 0 fully saturated rings. The van der Waals surface area contributed by atoms with Gasteiger partial charge in [-0.2, -0.15) is 0 Å². The summed E-state index contributed by atoms with van der Waals surface area (Å²) < 4.78 is 13.9. The summed E-state index contributed by atoms with van der Waals surface area (Å²) in [6.45, 7) is 0.570. The number of rotatable bonds is 5. The molecule has 0 bridgehead atoms. The molecule has 0 spiro atoms. The normalized spacial score (nSPS) is 10.5. The molecule has 0 saturated heterocycles. The number of hydrogen-bond acceptors (Lipinski definition) is 3. The molecular weight excluding hydrogens is 466 g/mol. The van der Waals surface area contributed by atoms with E-state index in [1.807, 2.05) is 30.3 Å². The largest absolute Gasteiger partial charge is 0.496 e. The summed E-state index contributed by atoms with van der Waals surface area (Å²) in [5.41, 5.74) is 6.72. The zero-order valence-electron chi connectivity index (χ0n) is 11.3. The van der Waals surface area contributed by atoms with Crippen molar-refractivity contribution in [2.45, 2.75) is 6.42 Å². The third kappa shape index (κ3) is 4.22. The molecule has 0 heterocycles. The first-order valence-corrected chi connectivity index (χ1v) is 8.62. The van der Waals surface area contributed by atoms with Crippen LogP contribution in [-0.2, 0) is 6.42 Å². The van der Waals surface area contributed by atoms with Gasteiger partial charge in [-0.1, -0.05) is 15.9 Å². The highest BCUT2D eigenvalue weighted by Gasteiger charge is 2.11. The van der Waals surface area contributed by atoms with Crippen molar-refractivity contribution in [2.24, 2.45) is 5.73 Å². The topological polar surface area (TPSA) is 44.5 Å². The van der Waals surface area contributed by atoms with E-state index in [1.165, 1.54) is 0 Å². The van der Waals surface area contributed by atoms with Crippen molar-refractivity contribution in [3.63, 3.8) is 0 Å². The van der Waals surface area contributed by atoms with E-state index in [0.29, 0.717) is 12.3 Å². The molecule has 3 nitrogen and oxygen atoms in total. The third-order valence-corrected chi connectivity index (χ3v) is 4.60. The van der Waals surface area contributed by atoms with Crippen LogP contribution in [0.25, 0.3) is 0 Å². The second-order valence-corrected chi connectivity index (χ2v) is 6.93. The quantitative estimate of drug-likeness (QED) is 0.635. The molecule has 0 aliphatic rings. The van der Waals surface area contributed by atoms with Crippen LogP contribution in [0.1, 0.15) is 5.56 Å². The molecule has 21 heavy (non-hydrogen) atoms. The zero-order chi connectivity index (χ0) is 15.4. The zero-order valence-corrected chi connectivity index (χ0v) is 16.1. The van der Waals surface area contributed by atoms with Gasteiger partial charge in [0, 0.05) is 4.47 Å². The van der Waals surface area contributed by atoms with Gasteiger partial charge < -0.3 is 15.2 Å². The van der Waals surface area contributed by atoms with Crippen LogP contribution in [0.3, 0.4) is 0 Å². The van der Waals surface area contributed by atoms with Gasteiger partial charge in [-0.3, -0.25) is 0 Å². The van der Waals surface area contributed by atoms with E-state index >= 15 is 0 Å². The Bertz CT molecular complexity index is 647. The van der Waals surface area contributed by atoms with Gasteiger partial charge in [-0.15, -0.1) is 0 Å². The smallest absolute Gasteiger partial charge is 0.143 e. The van der Waals surface area contributed by atoms with Crippen LogP contribution < -0.4 is 15.2 Å². The molecule has 2 aromatic carbocycles. The van der Waals surface area contributed by atoms with Crippen LogP contribution >= 0.6 is 47.8 Å². The minimum atomic E-state index is 0.570. The highest BCUT2D eigenvalue weighted by Crippen LogP contribution is 2.39. The fraction of sp³-hybridized carbons (Fsp3) is 0.200. The van der Waals surface area contributed by atoms with Gasteiger partial charge in [0.25, 0.3) is 0 Å². The maximum atomic E-state index is 6.02. The molecular formula is C15H14Br3NO2. The van der Waals surface area contributed by atoms with Crippen LogP contribution in [0.5, 0.6) is 17.2 Å². The minimum Gasteiger partial charge on any atom is -0.496 e. The van der Waals surface area contributed by atoms with Crippen LogP contribution in [0.15, 0.2) is 43.7 Å². The van der Waals surface area contributed by atoms with Crippen molar-refractivity contribution < 1.29 is 9.47 Å². The minimum absolute atomic E-state index is 0.570. The van der Waals surface area contributed by atoms with Crippen LogP contribution in [0, 0.1) is 0 Å². The van der Waals surface area contributed by atoms with Crippen molar-refractivity contribution >= 4 is 47.8 Å². The first-order chi connectivity index (χ1) is 10.0. The van der Waals surface area contributed by atoms with Crippen LogP contribution in [0.2, 0.25) is 0 Å². The van der Waals surface area contributed by atoms with Crippen LogP contribution in [0.4, 0.5) is 0 Å². The Hall–Kier alpha value is -0.560. The molecule has 0 unspecified atom stereocenters. The van der Waals surface area contributed by atoms with Gasteiger partial charge in [0.2, 0.25) is 0 Å². The Labute approximate surface area is 149 Å². The van der Waals surface area contributed by atoms with E-state index in [2.05, 4.69) is 47.8 Å². The summed E-state index contributed by atoms with van der Waals surface area (Å²) in [7, 11) is 1.63. The Morgan fingerprint density at radius 2 is 1.62 bits per heavy atom. The fourth-order valence-electron chi connectivity index (χ4n) is 1.86. The van der Waals surface area contributed by atoms with E-state index in [-0.39, 0.29) is 0 Å². The molecule has 2 N–H and O–H groups in total. The van der Waals surface area contributed by atoms with Crippen molar-refractivity contribution in [1.82, 2.24) is 0 Å². The van der Waals surface area contributed by atoms with E-state index < -0.39 is 0 Å². The van der Waals surface area contributed by atoms with Gasteiger partial charge in [0.05, 0.1) is 16.1 Å². The Kier molecular flexibility index (Phi) is 6.10. The lowest BCUT2D eigenvalue weighted by atomic mass is 10.1. The van der Waals surface area contributed by atoms with Crippen molar-refractivity contribution in [1.29, 1.82) is 0 Å². The molecule has 0 aliphatic carbocycles. The molecule has 0 aliphatic heterocycles. The van der Waals surface area contributed by atoms with Gasteiger partial charge in [0.1, 0.15) is 17.2 Å². The first-order valence-electron chi connectivity index (χ1n) is 6.24. The maximum absolute atomic E-state index is 6.02. The molecule has 2 rings (SSSR count). The number of hydrogen-bond donors (Lipinski definition) is 1. The molecule has 112 valence electrons. The summed E-state index contributed by atoms with van der Waals surface area (Å²) in [4.78, 5) is 0. The fourth-order valence-corrected chi connectivity index (χ4v) is 3.16. The summed E-state index contributed by atoms with van der Waals surface area (Å²) in [5, 5.41) is 0. The maximum Gasteiger partial charge on any atom is 0.143 e. The lowest BCUT2D eigenvalue weighted by Crippen LogP contribution is -2.04. The second kappa shape index (κ2) is 7.63. The summed E-state index contributed by atoms with van der Waals surface area (Å²) in [6.07, 6.45) is 0.754. The highest BCUT2D eigenvalue weighted by molar-refractivity contribution is 9.11. The Morgan fingerprint density at radius 1 is 0.952 bits per heavy atom. The summed E-state index contributed by atoms with van der Waals surface area (Å²) in [5.74, 6) is 2.25. The van der Waals surface area contributed by atoms with E-state index in [0.717, 1.165) is 36.9 Å². The molecule has 2 aromatic rings. The van der Waals surface area contributed by atoms with E-state index in [9.17, 15) is 0 Å². The molecule has 0 radical (unpaired) electrons. The molecule has 0 saturated carbocycles. The predicted octanol–water partition coefficient (Wildman–Crippen LogP) is 5.28. The Balaban J connectivity index is 2.36.